The molecule has 0 fully saturated rings. The SMILES string of the molecule is CC(C)N(CCN(C(=O)CCCC(=O)O)C(C)C)Cc1cccc(C(=O)Nc2sc3c(c2C(=O)Nc2ccc(CCc4ccc(C(=O)O)cc4)cc2)CCCC3)c1. The van der Waals surface area contributed by atoms with Crippen molar-refractivity contribution in [1.29, 1.82) is 0 Å². The topological polar surface area (TPSA) is 156 Å². The Balaban J connectivity index is 1.23. The number of nitrogens with zero attached hydrogens (tertiary/aromatic N) is 2. The summed E-state index contributed by atoms with van der Waals surface area (Å²) in [6.07, 6.45) is 5.66. The number of fused-ring (bicyclic) bond motifs is 1. The van der Waals surface area contributed by atoms with Gasteiger partial charge in [-0.15, -0.1) is 11.3 Å². The normalized spacial score (nSPS) is 12.4. The van der Waals surface area contributed by atoms with E-state index < -0.39 is 11.9 Å². The fourth-order valence-electron chi connectivity index (χ4n) is 7.13. The van der Waals surface area contributed by atoms with Gasteiger partial charge in [-0.1, -0.05) is 36.4 Å². The maximum Gasteiger partial charge on any atom is 0.335 e. The molecule has 3 aromatic carbocycles. The van der Waals surface area contributed by atoms with Gasteiger partial charge in [0.05, 0.1) is 11.1 Å². The molecule has 1 aromatic heterocycles. The molecular formula is C45H54N4O7S. The van der Waals surface area contributed by atoms with E-state index in [1.165, 1.54) is 11.3 Å². The number of amides is 3. The Morgan fingerprint density at radius 2 is 1.39 bits per heavy atom. The van der Waals surface area contributed by atoms with Crippen molar-refractivity contribution in [2.45, 2.75) is 104 Å². The standard InChI is InChI=1S/C45H54N4O7S/c1-29(2)48(25-26-49(30(3)4)39(50)13-8-14-40(51)52)28-33-9-7-10-35(27-33)42(53)47-44-41(37-11-5-6-12-38(37)57-44)43(54)46-36-23-19-32(20-24-36)16-15-31-17-21-34(22-18-31)45(55)56/h7,9-10,17-24,27,29-30H,5-6,8,11-16,25-26,28H2,1-4H3,(H,46,54)(H,47,53)(H,51,52)(H,55,56). The molecular weight excluding hydrogens is 741 g/mol. The highest BCUT2D eigenvalue weighted by Crippen LogP contribution is 2.39. The van der Waals surface area contributed by atoms with E-state index in [0.29, 0.717) is 47.9 Å². The van der Waals surface area contributed by atoms with Crippen LogP contribution in [0.2, 0.25) is 0 Å². The quantitative estimate of drug-likeness (QED) is 0.0739. The zero-order chi connectivity index (χ0) is 41.1. The van der Waals surface area contributed by atoms with Gasteiger partial charge in [0.2, 0.25) is 5.91 Å². The molecule has 0 saturated carbocycles. The molecule has 12 heteroatoms. The number of anilines is 2. The zero-order valence-electron chi connectivity index (χ0n) is 33.3. The minimum atomic E-state index is -0.945. The number of carboxylic acids is 2. The van der Waals surface area contributed by atoms with Crippen LogP contribution in [0, 0.1) is 0 Å². The predicted octanol–water partition coefficient (Wildman–Crippen LogP) is 8.32. The first-order valence-corrected chi connectivity index (χ1v) is 20.6. The number of aryl methyl sites for hydroxylation is 3. The first kappa shape index (κ1) is 42.8. The van der Waals surface area contributed by atoms with E-state index in [9.17, 15) is 24.0 Å². The molecule has 0 radical (unpaired) electrons. The molecule has 0 spiro atoms. The van der Waals surface area contributed by atoms with Gasteiger partial charge in [0.25, 0.3) is 11.8 Å². The van der Waals surface area contributed by atoms with Gasteiger partial charge in [-0.25, -0.2) is 4.79 Å². The zero-order valence-corrected chi connectivity index (χ0v) is 34.1. The van der Waals surface area contributed by atoms with E-state index in [1.54, 1.807) is 23.1 Å². The van der Waals surface area contributed by atoms with E-state index in [0.717, 1.165) is 65.7 Å². The van der Waals surface area contributed by atoms with Crippen molar-refractivity contribution in [1.82, 2.24) is 9.80 Å². The van der Waals surface area contributed by atoms with Crippen LogP contribution in [-0.4, -0.2) is 74.8 Å². The van der Waals surface area contributed by atoms with Gasteiger partial charge < -0.3 is 25.7 Å². The van der Waals surface area contributed by atoms with Crippen LogP contribution in [0.1, 0.15) is 118 Å². The average Bonchev–Trinajstić information content (AvgIpc) is 3.55. The molecule has 0 atom stereocenters. The summed E-state index contributed by atoms with van der Waals surface area (Å²) < 4.78 is 0. The molecule has 1 aliphatic carbocycles. The van der Waals surface area contributed by atoms with Gasteiger partial charge in [0.1, 0.15) is 5.00 Å². The van der Waals surface area contributed by atoms with Gasteiger partial charge in [-0.05, 0) is 131 Å². The highest BCUT2D eigenvalue weighted by atomic mass is 32.1. The van der Waals surface area contributed by atoms with Crippen molar-refractivity contribution >= 4 is 51.7 Å². The highest BCUT2D eigenvalue weighted by molar-refractivity contribution is 7.17. The number of thiophene rings is 1. The highest BCUT2D eigenvalue weighted by Gasteiger charge is 2.27. The lowest BCUT2D eigenvalue weighted by atomic mass is 9.95. The monoisotopic (exact) mass is 794 g/mol. The van der Waals surface area contributed by atoms with E-state index >= 15 is 0 Å². The molecule has 4 aromatic rings. The Morgan fingerprint density at radius 3 is 2.02 bits per heavy atom. The van der Waals surface area contributed by atoms with Crippen molar-refractivity contribution in [3.05, 3.63) is 117 Å². The third kappa shape index (κ3) is 12.1. The molecule has 1 aliphatic rings. The van der Waals surface area contributed by atoms with Gasteiger partial charge in [0.15, 0.2) is 0 Å². The summed E-state index contributed by atoms with van der Waals surface area (Å²) in [5.74, 6) is -2.45. The number of carboxylic acid groups (broad SMARTS) is 2. The Morgan fingerprint density at radius 1 is 0.719 bits per heavy atom. The molecule has 57 heavy (non-hydrogen) atoms. The summed E-state index contributed by atoms with van der Waals surface area (Å²) in [4.78, 5) is 67.9. The summed E-state index contributed by atoms with van der Waals surface area (Å²) in [6.45, 7) is 9.80. The first-order chi connectivity index (χ1) is 27.3. The number of benzene rings is 3. The van der Waals surface area contributed by atoms with Crippen LogP contribution in [0.4, 0.5) is 10.7 Å². The Bertz CT molecular complexity index is 2040. The number of rotatable bonds is 19. The van der Waals surface area contributed by atoms with Crippen LogP contribution < -0.4 is 10.6 Å². The maximum atomic E-state index is 13.9. The molecule has 0 unspecified atom stereocenters. The smallest absolute Gasteiger partial charge is 0.335 e. The Labute approximate surface area is 339 Å². The van der Waals surface area contributed by atoms with Crippen LogP contribution in [0.25, 0.3) is 0 Å². The average molecular weight is 795 g/mol. The molecule has 0 aliphatic heterocycles. The van der Waals surface area contributed by atoms with Crippen molar-refractivity contribution in [2.24, 2.45) is 0 Å². The fourth-order valence-corrected chi connectivity index (χ4v) is 8.41. The third-order valence-electron chi connectivity index (χ3n) is 10.4. The summed E-state index contributed by atoms with van der Waals surface area (Å²) in [7, 11) is 0. The summed E-state index contributed by atoms with van der Waals surface area (Å²) in [6, 6.07) is 22.2. The lowest BCUT2D eigenvalue weighted by Gasteiger charge is -2.32. The number of carbonyl (C=O) groups excluding carboxylic acids is 3. The second-order valence-electron chi connectivity index (χ2n) is 15.2. The van der Waals surface area contributed by atoms with Crippen LogP contribution in [0.15, 0.2) is 72.8 Å². The minimum Gasteiger partial charge on any atom is -0.481 e. The molecule has 0 bridgehead atoms. The maximum absolute atomic E-state index is 13.9. The predicted molar refractivity (Wildman–Crippen MR) is 224 cm³/mol. The lowest BCUT2D eigenvalue weighted by Crippen LogP contribution is -2.44. The summed E-state index contributed by atoms with van der Waals surface area (Å²) in [5.41, 5.74) is 6.01. The second kappa shape index (κ2) is 20.2. The number of nitrogens with one attached hydrogen (secondary N) is 2. The van der Waals surface area contributed by atoms with Crippen LogP contribution >= 0.6 is 11.3 Å². The number of hydrogen-bond donors (Lipinski definition) is 4. The molecule has 0 saturated heterocycles. The van der Waals surface area contributed by atoms with Crippen LogP contribution in [-0.2, 0) is 41.8 Å². The van der Waals surface area contributed by atoms with Crippen LogP contribution in [0.5, 0.6) is 0 Å². The third-order valence-corrected chi connectivity index (χ3v) is 11.6. The van der Waals surface area contributed by atoms with Crippen molar-refractivity contribution < 1.29 is 34.2 Å². The van der Waals surface area contributed by atoms with Gasteiger partial charge in [0, 0.05) is 60.7 Å². The first-order valence-electron chi connectivity index (χ1n) is 19.8. The van der Waals surface area contributed by atoms with Crippen molar-refractivity contribution in [3.8, 4) is 0 Å². The van der Waals surface area contributed by atoms with E-state index in [1.807, 2.05) is 68.4 Å². The lowest BCUT2D eigenvalue weighted by molar-refractivity contribution is -0.137. The second-order valence-corrected chi connectivity index (χ2v) is 16.3. The number of hydrogen-bond acceptors (Lipinski definition) is 7. The number of aliphatic carboxylic acids is 1. The van der Waals surface area contributed by atoms with Gasteiger partial charge in [-0.2, -0.15) is 0 Å². The molecule has 4 N–H and O–H groups in total. The molecule has 302 valence electrons. The molecule has 3 amide bonds. The largest absolute Gasteiger partial charge is 0.481 e. The van der Waals surface area contributed by atoms with Crippen molar-refractivity contribution in [2.75, 3.05) is 23.7 Å². The summed E-state index contributed by atoms with van der Waals surface area (Å²) >= 11 is 1.48. The summed E-state index contributed by atoms with van der Waals surface area (Å²) in [5, 5.41) is 24.8. The minimum absolute atomic E-state index is 0.0197. The van der Waals surface area contributed by atoms with Crippen molar-refractivity contribution in [3.63, 3.8) is 0 Å². The van der Waals surface area contributed by atoms with E-state index in [-0.39, 0.29) is 48.2 Å². The molecule has 1 heterocycles. The number of carbonyl (C=O) groups is 5. The molecule has 5 rings (SSSR count). The van der Waals surface area contributed by atoms with Crippen LogP contribution in [0.3, 0.4) is 0 Å². The number of aromatic carboxylic acids is 1. The molecule has 11 nitrogen and oxygen atoms in total. The van der Waals surface area contributed by atoms with E-state index in [2.05, 4.69) is 29.4 Å². The fraction of sp³-hybridized carbons (Fsp3) is 0.400. The van der Waals surface area contributed by atoms with E-state index in [4.69, 9.17) is 10.2 Å². The Kier molecular flexibility index (Phi) is 15.2. The van der Waals surface area contributed by atoms with Gasteiger partial charge in [-0.3, -0.25) is 24.1 Å². The Hall–Kier alpha value is -5.33. The van der Waals surface area contributed by atoms with Gasteiger partial charge >= 0.3 is 11.9 Å².